The minimum atomic E-state index is -0.690. The summed E-state index contributed by atoms with van der Waals surface area (Å²) in [7, 11) is 0. The van der Waals surface area contributed by atoms with Crippen LogP contribution >= 0.6 is 0 Å². The standard InChI is InChI=1S/C24H26N2O3.C20H19NO2/c27-24(28)20-15-25(16-20)14-17-4-6-18(7-5-17)23-13-19-12-21(8-9-22(19)29-23)26-10-2-1-3-11-26;22-14-15-4-6-16(7-5-15)20-13-17-12-18(8-9-19(17)23-20)21-10-2-1-3-11-21/h4-9,12-13,20H,1-3,10-11,14-16H2,(H,27,28);4-9,12-14H,1-3,10-11H2. The van der Waals surface area contributed by atoms with Crippen LogP contribution in [0.5, 0.6) is 0 Å². The maximum atomic E-state index is 10.9. The van der Waals surface area contributed by atoms with Crippen LogP contribution in [0.25, 0.3) is 44.6 Å². The molecule has 0 bridgehead atoms. The Balaban J connectivity index is 0.000000153. The molecule has 3 aliphatic rings. The Morgan fingerprint density at radius 1 is 0.635 bits per heavy atom. The van der Waals surface area contributed by atoms with Gasteiger partial charge in [-0.3, -0.25) is 14.5 Å². The first-order valence-corrected chi connectivity index (χ1v) is 18.7. The Bertz CT molecular complexity index is 2150. The molecule has 0 radical (unpaired) electrons. The molecule has 0 saturated carbocycles. The van der Waals surface area contributed by atoms with E-state index < -0.39 is 5.97 Å². The number of nitrogens with zero attached hydrogens (tertiary/aromatic N) is 3. The van der Waals surface area contributed by atoms with Gasteiger partial charge in [0.05, 0.1) is 5.92 Å². The lowest BCUT2D eigenvalue weighted by molar-refractivity contribution is -0.147. The summed E-state index contributed by atoms with van der Waals surface area (Å²) in [4.78, 5) is 28.8. The second kappa shape index (κ2) is 15.1. The summed E-state index contributed by atoms with van der Waals surface area (Å²) >= 11 is 0. The number of piperidine rings is 2. The summed E-state index contributed by atoms with van der Waals surface area (Å²) < 4.78 is 12.1. The number of carbonyl (C=O) groups is 2. The zero-order valence-corrected chi connectivity index (χ0v) is 29.5. The van der Waals surface area contributed by atoms with E-state index in [1.807, 2.05) is 24.3 Å². The van der Waals surface area contributed by atoms with Crippen molar-refractivity contribution in [2.75, 3.05) is 49.1 Å². The van der Waals surface area contributed by atoms with Gasteiger partial charge in [-0.05, 0) is 92.6 Å². The van der Waals surface area contributed by atoms with Gasteiger partial charge in [-0.15, -0.1) is 0 Å². The summed E-state index contributed by atoms with van der Waals surface area (Å²) in [6.07, 6.45) is 8.63. The molecular weight excluding hydrogens is 651 g/mol. The lowest BCUT2D eigenvalue weighted by Gasteiger charge is -2.36. The average Bonchev–Trinajstić information content (AvgIpc) is 3.81. The highest BCUT2D eigenvalue weighted by atomic mass is 16.4. The minimum Gasteiger partial charge on any atom is -0.481 e. The number of fused-ring (bicyclic) bond motifs is 2. The summed E-state index contributed by atoms with van der Waals surface area (Å²) in [5, 5.41) is 11.3. The molecule has 8 nitrogen and oxygen atoms in total. The first-order chi connectivity index (χ1) is 25.5. The molecule has 0 amide bonds. The van der Waals surface area contributed by atoms with Crippen LogP contribution in [-0.4, -0.2) is 61.5 Å². The van der Waals surface area contributed by atoms with Crippen molar-refractivity contribution in [3.05, 3.63) is 108 Å². The van der Waals surface area contributed by atoms with Crippen LogP contribution in [0.4, 0.5) is 11.4 Å². The predicted octanol–water partition coefficient (Wildman–Crippen LogP) is 9.51. The third-order valence-corrected chi connectivity index (χ3v) is 10.7. The molecule has 4 aromatic carbocycles. The number of hydrogen-bond acceptors (Lipinski definition) is 7. The molecule has 9 rings (SSSR count). The molecule has 0 unspecified atom stereocenters. The number of anilines is 2. The lowest BCUT2D eigenvalue weighted by Crippen LogP contribution is -2.49. The highest BCUT2D eigenvalue weighted by Crippen LogP contribution is 2.33. The van der Waals surface area contributed by atoms with E-state index in [9.17, 15) is 9.59 Å². The number of carboxylic acid groups (broad SMARTS) is 1. The van der Waals surface area contributed by atoms with Gasteiger partial charge in [0.25, 0.3) is 0 Å². The first-order valence-electron chi connectivity index (χ1n) is 18.7. The molecule has 0 atom stereocenters. The summed E-state index contributed by atoms with van der Waals surface area (Å²) in [6, 6.07) is 33.0. The van der Waals surface area contributed by atoms with E-state index >= 15 is 0 Å². The van der Waals surface area contributed by atoms with Gasteiger partial charge < -0.3 is 23.7 Å². The van der Waals surface area contributed by atoms with E-state index in [1.165, 1.54) is 55.5 Å². The first kappa shape index (κ1) is 33.8. The van der Waals surface area contributed by atoms with Gasteiger partial charge in [0.2, 0.25) is 0 Å². The number of rotatable bonds is 8. The minimum absolute atomic E-state index is 0.209. The van der Waals surface area contributed by atoms with Gasteiger partial charge >= 0.3 is 5.97 Å². The SMILES string of the molecule is O=C(O)C1CN(Cc2ccc(-c3cc4cc(N5CCCCC5)ccc4o3)cc2)C1.O=Cc1ccc(-c2cc3cc(N4CCCCC4)ccc3o2)cc1. The van der Waals surface area contributed by atoms with E-state index in [1.54, 1.807) is 0 Å². The van der Waals surface area contributed by atoms with Crippen molar-refractivity contribution in [1.29, 1.82) is 0 Å². The molecule has 5 heterocycles. The second-order valence-electron chi connectivity index (χ2n) is 14.4. The molecule has 52 heavy (non-hydrogen) atoms. The topological polar surface area (TPSA) is 90.4 Å². The third-order valence-electron chi connectivity index (χ3n) is 10.7. The average molecular weight is 696 g/mol. The molecule has 3 fully saturated rings. The van der Waals surface area contributed by atoms with Crippen LogP contribution in [0.2, 0.25) is 0 Å². The fourth-order valence-corrected chi connectivity index (χ4v) is 7.66. The van der Waals surface area contributed by atoms with Crippen molar-refractivity contribution in [2.24, 2.45) is 5.92 Å². The van der Waals surface area contributed by atoms with Crippen LogP contribution < -0.4 is 9.80 Å². The number of benzene rings is 4. The molecular formula is C44H45N3O5. The van der Waals surface area contributed by atoms with Crippen LogP contribution in [0.1, 0.15) is 54.4 Å². The van der Waals surface area contributed by atoms with Crippen molar-refractivity contribution in [3.8, 4) is 22.6 Å². The number of aliphatic carboxylic acids is 1. The van der Waals surface area contributed by atoms with E-state index in [2.05, 4.69) is 87.5 Å². The Labute approximate surface area is 304 Å². The molecule has 266 valence electrons. The zero-order chi connectivity index (χ0) is 35.4. The molecule has 0 aliphatic carbocycles. The molecule has 8 heteroatoms. The van der Waals surface area contributed by atoms with Gasteiger partial charge in [0.1, 0.15) is 29.0 Å². The second-order valence-corrected chi connectivity index (χ2v) is 14.4. The van der Waals surface area contributed by atoms with E-state index in [4.69, 9.17) is 13.9 Å². The summed E-state index contributed by atoms with van der Waals surface area (Å²) in [5.41, 5.74) is 8.32. The van der Waals surface area contributed by atoms with Crippen LogP contribution in [0, 0.1) is 5.92 Å². The van der Waals surface area contributed by atoms with Crippen molar-refractivity contribution in [1.82, 2.24) is 4.90 Å². The van der Waals surface area contributed by atoms with Gasteiger partial charge in [0, 0.05) is 84.7 Å². The number of furan rings is 2. The molecule has 2 aromatic heterocycles. The fourth-order valence-electron chi connectivity index (χ4n) is 7.66. The van der Waals surface area contributed by atoms with Crippen molar-refractivity contribution in [3.63, 3.8) is 0 Å². The molecule has 0 spiro atoms. The van der Waals surface area contributed by atoms with Crippen molar-refractivity contribution in [2.45, 2.75) is 45.1 Å². The van der Waals surface area contributed by atoms with Gasteiger partial charge in [-0.1, -0.05) is 48.5 Å². The zero-order valence-electron chi connectivity index (χ0n) is 29.5. The Kier molecular flexibility index (Phi) is 9.81. The molecule has 1 N–H and O–H groups in total. The summed E-state index contributed by atoms with van der Waals surface area (Å²) in [5.74, 6) is 0.829. The van der Waals surface area contributed by atoms with Gasteiger partial charge in [-0.2, -0.15) is 0 Å². The van der Waals surface area contributed by atoms with E-state index in [-0.39, 0.29) is 5.92 Å². The largest absolute Gasteiger partial charge is 0.481 e. The smallest absolute Gasteiger partial charge is 0.309 e. The van der Waals surface area contributed by atoms with Crippen molar-refractivity contribution >= 4 is 45.6 Å². The Hall–Kier alpha value is -5.34. The van der Waals surface area contributed by atoms with Gasteiger partial charge in [-0.25, -0.2) is 0 Å². The van der Waals surface area contributed by atoms with Crippen LogP contribution in [0.15, 0.2) is 106 Å². The number of aldehydes is 1. The number of likely N-dealkylation sites (tertiary alicyclic amines) is 1. The highest BCUT2D eigenvalue weighted by molar-refractivity contribution is 5.87. The summed E-state index contributed by atoms with van der Waals surface area (Å²) in [6.45, 7) is 6.64. The van der Waals surface area contributed by atoms with Crippen LogP contribution in [0.3, 0.4) is 0 Å². The quantitative estimate of drug-likeness (QED) is 0.158. The normalized spacial score (nSPS) is 16.8. The van der Waals surface area contributed by atoms with Crippen LogP contribution in [-0.2, 0) is 11.3 Å². The molecule has 3 saturated heterocycles. The number of carbonyl (C=O) groups excluding carboxylic acids is 1. The fraction of sp³-hybridized carbons (Fsp3) is 0.318. The van der Waals surface area contributed by atoms with Crippen molar-refractivity contribution < 1.29 is 23.5 Å². The lowest BCUT2D eigenvalue weighted by atomic mass is 9.99. The maximum absolute atomic E-state index is 10.9. The van der Waals surface area contributed by atoms with E-state index in [0.29, 0.717) is 18.7 Å². The third kappa shape index (κ3) is 7.48. The predicted molar refractivity (Wildman–Crippen MR) is 207 cm³/mol. The van der Waals surface area contributed by atoms with E-state index in [0.717, 1.165) is 83.6 Å². The number of carboxylic acids is 1. The molecule has 3 aliphatic heterocycles. The Morgan fingerprint density at radius 2 is 1.12 bits per heavy atom. The monoisotopic (exact) mass is 695 g/mol. The highest BCUT2D eigenvalue weighted by Gasteiger charge is 2.32. The number of hydrogen-bond donors (Lipinski definition) is 1. The molecule has 6 aromatic rings. The Morgan fingerprint density at radius 3 is 1.58 bits per heavy atom. The maximum Gasteiger partial charge on any atom is 0.309 e. The van der Waals surface area contributed by atoms with Gasteiger partial charge in [0.15, 0.2) is 0 Å².